The highest BCUT2D eigenvalue weighted by atomic mass is 79.9. The van der Waals surface area contributed by atoms with Crippen molar-refractivity contribution in [3.05, 3.63) is 26.6 Å². The Morgan fingerprint density at radius 1 is 1.25 bits per heavy atom. The van der Waals surface area contributed by atoms with E-state index in [9.17, 15) is 10.2 Å². The minimum absolute atomic E-state index is 0.152. The number of phenolic OH excluding ortho intramolecular Hbond substituents is 1. The zero-order valence-corrected chi connectivity index (χ0v) is 14.8. The summed E-state index contributed by atoms with van der Waals surface area (Å²) in [7, 11) is 0. The molecule has 0 bridgehead atoms. The first-order chi connectivity index (χ1) is 9.51. The van der Waals surface area contributed by atoms with E-state index in [1.165, 1.54) is 0 Å². The van der Waals surface area contributed by atoms with Crippen molar-refractivity contribution < 1.29 is 10.2 Å². The van der Waals surface area contributed by atoms with Gasteiger partial charge in [0.05, 0.1) is 15.0 Å². The minimum Gasteiger partial charge on any atom is -0.506 e. The van der Waals surface area contributed by atoms with Gasteiger partial charge in [-0.25, -0.2) is 0 Å². The molecule has 3 nitrogen and oxygen atoms in total. The maximum absolute atomic E-state index is 9.84. The van der Waals surface area contributed by atoms with Gasteiger partial charge in [-0.15, -0.1) is 0 Å². The zero-order chi connectivity index (χ0) is 14.7. The van der Waals surface area contributed by atoms with Crippen LogP contribution in [0.3, 0.4) is 0 Å². The summed E-state index contributed by atoms with van der Waals surface area (Å²) in [5, 5.41) is 19.6. The van der Waals surface area contributed by atoms with Gasteiger partial charge in [0.25, 0.3) is 0 Å². The standard InChI is InChI=1S/C15H21Br2NO2/c1-2-18(11-4-3-5-12(19)8-11)9-10-6-13(16)15(20)14(17)7-10/h6-7,11-12,19-20H,2-5,8-9H2,1H3. The van der Waals surface area contributed by atoms with Crippen molar-refractivity contribution in [1.29, 1.82) is 0 Å². The molecule has 1 saturated carbocycles. The van der Waals surface area contributed by atoms with Gasteiger partial charge < -0.3 is 10.2 Å². The smallest absolute Gasteiger partial charge is 0.143 e. The van der Waals surface area contributed by atoms with Crippen molar-refractivity contribution in [3.8, 4) is 5.75 Å². The number of aliphatic hydroxyl groups is 1. The Morgan fingerprint density at radius 3 is 2.45 bits per heavy atom. The maximum Gasteiger partial charge on any atom is 0.143 e. The third-order valence-electron chi connectivity index (χ3n) is 4.00. The summed E-state index contributed by atoms with van der Waals surface area (Å²) in [6.07, 6.45) is 3.91. The molecule has 1 aliphatic carbocycles. The second kappa shape index (κ2) is 7.25. The molecule has 112 valence electrons. The summed E-state index contributed by atoms with van der Waals surface area (Å²) >= 11 is 6.75. The van der Waals surface area contributed by atoms with Crippen LogP contribution in [-0.2, 0) is 6.54 Å². The highest BCUT2D eigenvalue weighted by Crippen LogP contribution is 2.34. The summed E-state index contributed by atoms with van der Waals surface area (Å²) in [6, 6.07) is 4.37. The van der Waals surface area contributed by atoms with Crippen LogP contribution in [-0.4, -0.2) is 33.8 Å². The molecule has 0 saturated heterocycles. The van der Waals surface area contributed by atoms with Gasteiger partial charge in [-0.05, 0) is 81.8 Å². The van der Waals surface area contributed by atoms with Crippen molar-refractivity contribution in [3.63, 3.8) is 0 Å². The summed E-state index contributed by atoms with van der Waals surface area (Å²) in [5.41, 5.74) is 1.16. The monoisotopic (exact) mass is 405 g/mol. The molecule has 1 aromatic rings. The SMILES string of the molecule is CCN(Cc1cc(Br)c(O)c(Br)c1)C1CCCC(O)C1. The molecule has 2 rings (SSSR count). The lowest BCUT2D eigenvalue weighted by Crippen LogP contribution is -2.39. The Morgan fingerprint density at radius 2 is 1.90 bits per heavy atom. The lowest BCUT2D eigenvalue weighted by atomic mass is 9.91. The first kappa shape index (κ1) is 16.3. The number of nitrogens with zero attached hydrogens (tertiary/aromatic N) is 1. The van der Waals surface area contributed by atoms with Gasteiger partial charge in [0.2, 0.25) is 0 Å². The Hall–Kier alpha value is -0.100. The highest BCUT2D eigenvalue weighted by Gasteiger charge is 2.25. The quantitative estimate of drug-likeness (QED) is 0.792. The average molecular weight is 407 g/mol. The van der Waals surface area contributed by atoms with E-state index < -0.39 is 0 Å². The number of phenols is 1. The first-order valence-electron chi connectivity index (χ1n) is 7.10. The van der Waals surface area contributed by atoms with E-state index in [2.05, 4.69) is 43.7 Å². The molecule has 0 amide bonds. The second-order valence-corrected chi connectivity index (χ2v) is 7.15. The van der Waals surface area contributed by atoms with E-state index >= 15 is 0 Å². The molecule has 1 aliphatic rings. The third kappa shape index (κ3) is 3.97. The highest BCUT2D eigenvalue weighted by molar-refractivity contribution is 9.11. The number of benzene rings is 1. The van der Waals surface area contributed by atoms with Crippen molar-refractivity contribution in [2.45, 2.75) is 51.3 Å². The van der Waals surface area contributed by atoms with E-state index in [1.807, 2.05) is 12.1 Å². The van der Waals surface area contributed by atoms with E-state index in [0.29, 0.717) is 15.0 Å². The summed E-state index contributed by atoms with van der Waals surface area (Å²) < 4.78 is 1.42. The van der Waals surface area contributed by atoms with Crippen molar-refractivity contribution in [2.24, 2.45) is 0 Å². The van der Waals surface area contributed by atoms with E-state index in [4.69, 9.17) is 0 Å². The summed E-state index contributed by atoms with van der Waals surface area (Å²) in [6.45, 7) is 3.96. The number of hydrogen-bond donors (Lipinski definition) is 2. The first-order valence-corrected chi connectivity index (χ1v) is 8.68. The molecule has 1 fully saturated rings. The molecule has 0 radical (unpaired) electrons. The molecular weight excluding hydrogens is 386 g/mol. The summed E-state index contributed by atoms with van der Waals surface area (Å²) in [4.78, 5) is 2.41. The van der Waals surface area contributed by atoms with Gasteiger partial charge in [-0.1, -0.05) is 6.92 Å². The van der Waals surface area contributed by atoms with Crippen LogP contribution in [0.15, 0.2) is 21.1 Å². The molecule has 0 heterocycles. The Labute approximate surface area is 137 Å². The molecular formula is C15H21Br2NO2. The van der Waals surface area contributed by atoms with Crippen LogP contribution in [0, 0.1) is 0 Å². The lowest BCUT2D eigenvalue weighted by molar-refractivity contribution is 0.0606. The van der Waals surface area contributed by atoms with E-state index in [-0.39, 0.29) is 11.9 Å². The molecule has 1 aromatic carbocycles. The van der Waals surface area contributed by atoms with Gasteiger partial charge in [0, 0.05) is 12.6 Å². The Bertz CT molecular complexity index is 444. The number of aromatic hydroxyl groups is 1. The predicted octanol–water partition coefficient (Wildman–Crippen LogP) is 4.04. The zero-order valence-electron chi connectivity index (χ0n) is 11.6. The van der Waals surface area contributed by atoms with Crippen LogP contribution in [0.4, 0.5) is 0 Å². The molecule has 2 N–H and O–H groups in total. The molecule has 0 aliphatic heterocycles. The molecule has 0 aromatic heterocycles. The predicted molar refractivity (Wildman–Crippen MR) is 87.9 cm³/mol. The van der Waals surface area contributed by atoms with Crippen molar-refractivity contribution in [1.82, 2.24) is 4.90 Å². The number of hydrogen-bond acceptors (Lipinski definition) is 3. The van der Waals surface area contributed by atoms with Crippen LogP contribution >= 0.6 is 31.9 Å². The normalized spacial score (nSPS) is 23.2. The number of rotatable bonds is 4. The Balaban J connectivity index is 2.10. The minimum atomic E-state index is -0.152. The van der Waals surface area contributed by atoms with Gasteiger partial charge >= 0.3 is 0 Å². The van der Waals surface area contributed by atoms with Crippen LogP contribution in [0.5, 0.6) is 5.75 Å². The molecule has 2 unspecified atom stereocenters. The van der Waals surface area contributed by atoms with Gasteiger partial charge in [0.15, 0.2) is 0 Å². The molecule has 0 spiro atoms. The Kier molecular flexibility index (Phi) is 5.90. The van der Waals surface area contributed by atoms with E-state index in [1.54, 1.807) is 0 Å². The van der Waals surface area contributed by atoms with Crippen LogP contribution in [0.2, 0.25) is 0 Å². The lowest BCUT2D eigenvalue weighted by Gasteiger charge is -2.35. The van der Waals surface area contributed by atoms with Gasteiger partial charge in [-0.3, -0.25) is 4.90 Å². The second-order valence-electron chi connectivity index (χ2n) is 5.45. The fraction of sp³-hybridized carbons (Fsp3) is 0.600. The van der Waals surface area contributed by atoms with Crippen molar-refractivity contribution >= 4 is 31.9 Å². The molecule has 5 heteroatoms. The maximum atomic E-state index is 9.84. The van der Waals surface area contributed by atoms with Crippen LogP contribution < -0.4 is 0 Å². The van der Waals surface area contributed by atoms with E-state index in [0.717, 1.165) is 44.3 Å². The van der Waals surface area contributed by atoms with Gasteiger partial charge in [-0.2, -0.15) is 0 Å². The van der Waals surface area contributed by atoms with Crippen LogP contribution in [0.25, 0.3) is 0 Å². The fourth-order valence-electron chi connectivity index (χ4n) is 2.91. The van der Waals surface area contributed by atoms with Crippen molar-refractivity contribution in [2.75, 3.05) is 6.54 Å². The molecule has 2 atom stereocenters. The average Bonchev–Trinajstić information content (AvgIpc) is 2.42. The summed E-state index contributed by atoms with van der Waals surface area (Å²) in [5.74, 6) is 0.241. The number of halogens is 2. The fourth-order valence-corrected chi connectivity index (χ4v) is 4.19. The largest absolute Gasteiger partial charge is 0.506 e. The molecule has 20 heavy (non-hydrogen) atoms. The van der Waals surface area contributed by atoms with Crippen LogP contribution in [0.1, 0.15) is 38.2 Å². The topological polar surface area (TPSA) is 43.7 Å². The number of aliphatic hydroxyl groups excluding tert-OH is 1. The van der Waals surface area contributed by atoms with Gasteiger partial charge in [0.1, 0.15) is 5.75 Å². The third-order valence-corrected chi connectivity index (χ3v) is 5.21.